The van der Waals surface area contributed by atoms with Crippen LogP contribution >= 0.6 is 11.6 Å². The highest BCUT2D eigenvalue weighted by atomic mass is 35.5. The maximum absolute atomic E-state index is 11.7. The quantitative estimate of drug-likeness (QED) is 0.650. The zero-order valence-corrected chi connectivity index (χ0v) is 10.3. The summed E-state index contributed by atoms with van der Waals surface area (Å²) >= 11 is 5.74. The van der Waals surface area contributed by atoms with Crippen molar-refractivity contribution < 1.29 is 9.53 Å². The third-order valence-electron chi connectivity index (χ3n) is 2.24. The van der Waals surface area contributed by atoms with E-state index in [0.29, 0.717) is 16.3 Å². The molecule has 1 unspecified atom stereocenters. The Balaban J connectivity index is 2.73. The molecular weight excluding hydrogens is 226 g/mol. The average Bonchev–Trinajstić information content (AvgIpc) is 2.17. The minimum absolute atomic E-state index is 0.0902. The Labute approximate surface area is 101 Å². The van der Waals surface area contributed by atoms with Crippen LogP contribution in [0.2, 0.25) is 5.02 Å². The summed E-state index contributed by atoms with van der Waals surface area (Å²) in [4.78, 5) is 11.7. The lowest BCUT2D eigenvalue weighted by Gasteiger charge is -2.13. The summed E-state index contributed by atoms with van der Waals surface area (Å²) in [6.45, 7) is 3.91. The Bertz CT molecular complexity index is 379. The van der Waals surface area contributed by atoms with Gasteiger partial charge in [-0.05, 0) is 31.5 Å². The molecule has 0 aliphatic carbocycles. The summed E-state index contributed by atoms with van der Waals surface area (Å²) in [5.74, 6) is -0.393. The first kappa shape index (κ1) is 12.8. The van der Waals surface area contributed by atoms with E-state index in [0.717, 1.165) is 12.8 Å². The molecule has 1 atom stereocenters. The van der Waals surface area contributed by atoms with Crippen molar-refractivity contribution in [1.82, 2.24) is 0 Å². The molecule has 0 bridgehead atoms. The van der Waals surface area contributed by atoms with Crippen molar-refractivity contribution in [3.05, 3.63) is 28.8 Å². The molecule has 0 aliphatic rings. The van der Waals surface area contributed by atoms with E-state index in [1.165, 1.54) is 0 Å². The predicted molar refractivity (Wildman–Crippen MR) is 65.6 cm³/mol. The molecule has 2 N–H and O–H groups in total. The lowest BCUT2D eigenvalue weighted by molar-refractivity contribution is 0.0325. The van der Waals surface area contributed by atoms with E-state index < -0.39 is 5.97 Å². The number of esters is 1. The van der Waals surface area contributed by atoms with Gasteiger partial charge in [-0.2, -0.15) is 0 Å². The summed E-state index contributed by atoms with van der Waals surface area (Å²) in [6.07, 6.45) is 1.73. The van der Waals surface area contributed by atoms with Gasteiger partial charge in [-0.3, -0.25) is 0 Å². The van der Waals surface area contributed by atoms with Gasteiger partial charge in [-0.25, -0.2) is 4.79 Å². The van der Waals surface area contributed by atoms with E-state index in [-0.39, 0.29) is 6.10 Å². The number of nitrogens with two attached hydrogens (primary N) is 1. The number of ether oxygens (including phenoxy) is 1. The SMILES string of the molecule is CCCC(C)OC(=O)c1ccc(Cl)cc1N. The zero-order chi connectivity index (χ0) is 12.1. The van der Waals surface area contributed by atoms with E-state index in [2.05, 4.69) is 0 Å². The van der Waals surface area contributed by atoms with Gasteiger partial charge < -0.3 is 10.5 Å². The molecule has 16 heavy (non-hydrogen) atoms. The Hall–Kier alpha value is -1.22. The molecule has 0 radical (unpaired) electrons. The molecule has 0 saturated heterocycles. The third-order valence-corrected chi connectivity index (χ3v) is 2.47. The van der Waals surface area contributed by atoms with E-state index >= 15 is 0 Å². The summed E-state index contributed by atoms with van der Waals surface area (Å²) in [5.41, 5.74) is 6.40. The normalized spacial score (nSPS) is 12.2. The molecule has 0 amide bonds. The van der Waals surface area contributed by atoms with Gasteiger partial charge in [0.1, 0.15) is 0 Å². The number of halogens is 1. The smallest absolute Gasteiger partial charge is 0.340 e. The van der Waals surface area contributed by atoms with Crippen LogP contribution in [0.5, 0.6) is 0 Å². The minimum Gasteiger partial charge on any atom is -0.459 e. The van der Waals surface area contributed by atoms with Crippen LogP contribution in [0.1, 0.15) is 37.0 Å². The van der Waals surface area contributed by atoms with Crippen LogP contribution in [0.3, 0.4) is 0 Å². The van der Waals surface area contributed by atoms with Crippen LogP contribution < -0.4 is 5.73 Å². The molecule has 4 heteroatoms. The summed E-state index contributed by atoms with van der Waals surface area (Å²) in [7, 11) is 0. The van der Waals surface area contributed by atoms with Crippen molar-refractivity contribution in [2.75, 3.05) is 5.73 Å². The molecule has 0 aromatic heterocycles. The second-order valence-corrected chi connectivity index (χ2v) is 4.17. The van der Waals surface area contributed by atoms with Gasteiger partial charge in [-0.1, -0.05) is 24.9 Å². The Morgan fingerprint density at radius 3 is 2.81 bits per heavy atom. The lowest BCUT2D eigenvalue weighted by atomic mass is 10.2. The average molecular weight is 242 g/mol. The van der Waals surface area contributed by atoms with Gasteiger partial charge in [-0.15, -0.1) is 0 Å². The molecule has 0 fully saturated rings. The topological polar surface area (TPSA) is 52.3 Å². The fourth-order valence-corrected chi connectivity index (χ4v) is 1.61. The van der Waals surface area contributed by atoms with Crippen molar-refractivity contribution in [3.8, 4) is 0 Å². The van der Waals surface area contributed by atoms with E-state index in [1.807, 2.05) is 13.8 Å². The van der Waals surface area contributed by atoms with Crippen LogP contribution in [0.15, 0.2) is 18.2 Å². The van der Waals surface area contributed by atoms with Gasteiger partial charge in [0.15, 0.2) is 0 Å². The number of carbonyl (C=O) groups excluding carboxylic acids is 1. The molecular formula is C12H16ClNO2. The number of hydrogen-bond donors (Lipinski definition) is 1. The van der Waals surface area contributed by atoms with Crippen LogP contribution in [0.25, 0.3) is 0 Å². The maximum Gasteiger partial charge on any atom is 0.340 e. The van der Waals surface area contributed by atoms with E-state index in [4.69, 9.17) is 22.1 Å². The number of hydrogen-bond acceptors (Lipinski definition) is 3. The van der Waals surface area contributed by atoms with Gasteiger partial charge in [0.05, 0.1) is 11.7 Å². The molecule has 0 saturated carbocycles. The second kappa shape index (κ2) is 5.75. The van der Waals surface area contributed by atoms with E-state index in [1.54, 1.807) is 18.2 Å². The van der Waals surface area contributed by atoms with Crippen LogP contribution in [-0.4, -0.2) is 12.1 Å². The molecule has 1 aromatic rings. The van der Waals surface area contributed by atoms with Crippen LogP contribution in [0.4, 0.5) is 5.69 Å². The monoisotopic (exact) mass is 241 g/mol. The highest BCUT2D eigenvalue weighted by Gasteiger charge is 2.14. The maximum atomic E-state index is 11.7. The molecule has 1 rings (SSSR count). The number of anilines is 1. The largest absolute Gasteiger partial charge is 0.459 e. The van der Waals surface area contributed by atoms with Gasteiger partial charge >= 0.3 is 5.97 Å². The highest BCUT2D eigenvalue weighted by molar-refractivity contribution is 6.31. The Kier molecular flexibility index (Phi) is 4.62. The molecule has 0 aliphatic heterocycles. The van der Waals surface area contributed by atoms with Crippen LogP contribution in [0, 0.1) is 0 Å². The van der Waals surface area contributed by atoms with Crippen LogP contribution in [-0.2, 0) is 4.74 Å². The second-order valence-electron chi connectivity index (χ2n) is 3.74. The fourth-order valence-electron chi connectivity index (χ4n) is 1.43. The summed E-state index contributed by atoms with van der Waals surface area (Å²) < 4.78 is 5.24. The number of carbonyl (C=O) groups is 1. The zero-order valence-electron chi connectivity index (χ0n) is 9.50. The van der Waals surface area contributed by atoms with Gasteiger partial charge in [0.25, 0.3) is 0 Å². The number of benzene rings is 1. The molecule has 0 spiro atoms. The van der Waals surface area contributed by atoms with Crippen molar-refractivity contribution in [1.29, 1.82) is 0 Å². The minimum atomic E-state index is -0.393. The Morgan fingerprint density at radius 2 is 2.25 bits per heavy atom. The highest BCUT2D eigenvalue weighted by Crippen LogP contribution is 2.19. The molecule has 3 nitrogen and oxygen atoms in total. The van der Waals surface area contributed by atoms with Crippen molar-refractivity contribution in [3.63, 3.8) is 0 Å². The first-order valence-electron chi connectivity index (χ1n) is 5.30. The van der Waals surface area contributed by atoms with Crippen molar-refractivity contribution >= 4 is 23.3 Å². The van der Waals surface area contributed by atoms with Crippen molar-refractivity contribution in [2.24, 2.45) is 0 Å². The first-order chi connectivity index (χ1) is 7.54. The third kappa shape index (κ3) is 3.42. The first-order valence-corrected chi connectivity index (χ1v) is 5.68. The van der Waals surface area contributed by atoms with E-state index in [9.17, 15) is 4.79 Å². The predicted octanol–water partition coefficient (Wildman–Crippen LogP) is 3.27. The lowest BCUT2D eigenvalue weighted by Crippen LogP contribution is -2.16. The number of nitrogen functional groups attached to an aromatic ring is 1. The molecule has 0 heterocycles. The van der Waals surface area contributed by atoms with Gasteiger partial charge in [0.2, 0.25) is 0 Å². The summed E-state index contributed by atoms with van der Waals surface area (Å²) in [5, 5.41) is 0.510. The summed E-state index contributed by atoms with van der Waals surface area (Å²) in [6, 6.07) is 4.75. The number of rotatable bonds is 4. The molecule has 88 valence electrons. The Morgan fingerprint density at radius 1 is 1.56 bits per heavy atom. The molecule has 1 aromatic carbocycles. The van der Waals surface area contributed by atoms with Crippen molar-refractivity contribution in [2.45, 2.75) is 32.8 Å². The van der Waals surface area contributed by atoms with Gasteiger partial charge in [0, 0.05) is 10.7 Å². The fraction of sp³-hybridized carbons (Fsp3) is 0.417. The standard InChI is InChI=1S/C12H16ClNO2/c1-3-4-8(2)16-12(15)10-6-5-9(13)7-11(10)14/h5-8H,3-4,14H2,1-2H3.